The van der Waals surface area contributed by atoms with Crippen molar-refractivity contribution in [3.63, 3.8) is 0 Å². The van der Waals surface area contributed by atoms with E-state index in [4.69, 9.17) is 4.74 Å². The van der Waals surface area contributed by atoms with E-state index in [1.165, 1.54) is 7.11 Å². The van der Waals surface area contributed by atoms with Crippen LogP contribution in [0, 0.1) is 16.7 Å². The summed E-state index contributed by atoms with van der Waals surface area (Å²) < 4.78 is 14.1. The fraction of sp³-hybridized carbons (Fsp3) is 0.769. The molecule has 3 rings (SSSR count). The van der Waals surface area contributed by atoms with Gasteiger partial charge in [-0.15, -0.1) is 0 Å². The van der Waals surface area contributed by atoms with Gasteiger partial charge in [-0.1, -0.05) is 13.8 Å². The van der Waals surface area contributed by atoms with Crippen LogP contribution < -0.4 is 0 Å². The fourth-order valence-corrected chi connectivity index (χ4v) is 2.89. The molecule has 6 heteroatoms. The van der Waals surface area contributed by atoms with Crippen LogP contribution in [-0.2, 0) is 23.8 Å². The summed E-state index contributed by atoms with van der Waals surface area (Å²) in [6.45, 7) is 3.98. The van der Waals surface area contributed by atoms with Crippen LogP contribution in [0.4, 0.5) is 4.79 Å². The Morgan fingerprint density at radius 1 is 1.05 bits per heavy atom. The number of methoxy groups -OCH3 is 1. The summed E-state index contributed by atoms with van der Waals surface area (Å²) in [6, 6.07) is 0. The van der Waals surface area contributed by atoms with Gasteiger partial charge in [0.1, 0.15) is 0 Å². The van der Waals surface area contributed by atoms with Gasteiger partial charge in [-0.2, -0.15) is 0 Å². The van der Waals surface area contributed by atoms with Crippen LogP contribution in [0.1, 0.15) is 33.1 Å². The first-order chi connectivity index (χ1) is 8.83. The summed E-state index contributed by atoms with van der Waals surface area (Å²) in [4.78, 5) is 34.5. The van der Waals surface area contributed by atoms with E-state index in [1.807, 2.05) is 13.8 Å². The minimum atomic E-state index is -0.962. The lowest BCUT2D eigenvalue weighted by Crippen LogP contribution is -2.69. The van der Waals surface area contributed by atoms with Gasteiger partial charge in [0.15, 0.2) is 0 Å². The van der Waals surface area contributed by atoms with Crippen molar-refractivity contribution in [3.05, 3.63) is 0 Å². The highest BCUT2D eigenvalue weighted by Gasteiger charge is 2.76. The Morgan fingerprint density at radius 3 is 2.05 bits per heavy atom. The number of ether oxygens (including phenoxy) is 3. The third kappa shape index (κ3) is 2.19. The maximum atomic E-state index is 11.8. The Kier molecular flexibility index (Phi) is 3.28. The molecule has 3 fully saturated rings. The molecule has 3 aliphatic carbocycles. The SMILES string of the molecule is COC(=O)C12CC(C(=O)OC(=O)OCC(C)C)(C1)C2. The minimum Gasteiger partial charge on any atom is -0.469 e. The molecule has 0 unspecified atom stereocenters. The molecule has 0 aromatic carbocycles. The predicted molar refractivity (Wildman–Crippen MR) is 63.0 cm³/mol. The van der Waals surface area contributed by atoms with Gasteiger partial charge in [-0.05, 0) is 25.2 Å². The van der Waals surface area contributed by atoms with Crippen LogP contribution >= 0.6 is 0 Å². The maximum absolute atomic E-state index is 11.8. The first-order valence-electron chi connectivity index (χ1n) is 6.31. The van der Waals surface area contributed by atoms with Crippen molar-refractivity contribution in [2.24, 2.45) is 16.7 Å². The van der Waals surface area contributed by atoms with Crippen molar-refractivity contribution < 1.29 is 28.6 Å². The summed E-state index contributed by atoms with van der Waals surface area (Å²) in [7, 11) is 1.33. The molecule has 2 bridgehead atoms. The molecule has 0 atom stereocenters. The van der Waals surface area contributed by atoms with Gasteiger partial charge in [0.05, 0.1) is 24.5 Å². The van der Waals surface area contributed by atoms with Gasteiger partial charge in [0.2, 0.25) is 0 Å². The van der Waals surface area contributed by atoms with Crippen LogP contribution in [0.15, 0.2) is 0 Å². The highest BCUT2D eigenvalue weighted by atomic mass is 16.7. The van der Waals surface area contributed by atoms with Crippen molar-refractivity contribution in [3.8, 4) is 0 Å². The zero-order chi connectivity index (χ0) is 14.3. The Morgan fingerprint density at radius 2 is 1.58 bits per heavy atom. The average Bonchev–Trinajstić information content (AvgIpc) is 2.22. The van der Waals surface area contributed by atoms with Crippen molar-refractivity contribution in [1.29, 1.82) is 0 Å². The zero-order valence-corrected chi connectivity index (χ0v) is 11.4. The summed E-state index contributed by atoms with van der Waals surface area (Å²) >= 11 is 0. The first-order valence-corrected chi connectivity index (χ1v) is 6.31. The quantitative estimate of drug-likeness (QED) is 0.571. The summed E-state index contributed by atoms with van der Waals surface area (Å²) in [5.41, 5.74) is -1.19. The summed E-state index contributed by atoms with van der Waals surface area (Å²) in [6.07, 6.45) is 0.255. The molecule has 6 nitrogen and oxygen atoms in total. The van der Waals surface area contributed by atoms with E-state index in [0.717, 1.165) is 0 Å². The molecule has 0 spiro atoms. The number of carbonyl (C=O) groups excluding carboxylic acids is 3. The molecule has 0 aromatic rings. The van der Waals surface area contributed by atoms with Crippen molar-refractivity contribution in [1.82, 2.24) is 0 Å². The van der Waals surface area contributed by atoms with Gasteiger partial charge in [-0.25, -0.2) is 4.79 Å². The number of esters is 2. The van der Waals surface area contributed by atoms with Crippen LogP contribution in [0.5, 0.6) is 0 Å². The van der Waals surface area contributed by atoms with Gasteiger partial charge < -0.3 is 14.2 Å². The highest BCUT2D eigenvalue weighted by Crippen LogP contribution is 2.74. The second kappa shape index (κ2) is 4.51. The Balaban J connectivity index is 1.79. The molecule has 0 aromatic heterocycles. The Bertz CT molecular complexity index is 405. The van der Waals surface area contributed by atoms with E-state index in [2.05, 4.69) is 9.47 Å². The Hall–Kier alpha value is -1.59. The van der Waals surface area contributed by atoms with Gasteiger partial charge >= 0.3 is 18.1 Å². The van der Waals surface area contributed by atoms with Crippen LogP contribution in [0.25, 0.3) is 0 Å². The van der Waals surface area contributed by atoms with Crippen molar-refractivity contribution in [2.75, 3.05) is 13.7 Å². The molecule has 106 valence electrons. The molecule has 3 aliphatic rings. The van der Waals surface area contributed by atoms with E-state index in [-0.39, 0.29) is 18.5 Å². The standard InChI is InChI=1S/C13H18O6/c1-8(2)4-18-11(16)19-10(15)13-5-12(6-13,7-13)9(14)17-3/h8H,4-7H2,1-3H3. The van der Waals surface area contributed by atoms with E-state index < -0.39 is 23.0 Å². The second-order valence-electron chi connectivity index (χ2n) is 5.93. The molecule has 0 N–H and O–H groups in total. The first kappa shape index (κ1) is 13.8. The molecular formula is C13H18O6. The fourth-order valence-electron chi connectivity index (χ4n) is 2.89. The van der Waals surface area contributed by atoms with E-state index in [9.17, 15) is 14.4 Å². The molecule has 0 amide bonds. The summed E-state index contributed by atoms with van der Waals surface area (Å²) in [5, 5.41) is 0. The smallest absolute Gasteiger partial charge is 0.469 e. The average molecular weight is 270 g/mol. The third-order valence-corrected chi connectivity index (χ3v) is 3.79. The third-order valence-electron chi connectivity index (χ3n) is 3.79. The lowest BCUT2D eigenvalue weighted by Gasteiger charge is -2.65. The molecule has 0 saturated heterocycles. The topological polar surface area (TPSA) is 78.9 Å². The molecular weight excluding hydrogens is 252 g/mol. The Labute approximate surface area is 111 Å². The maximum Gasteiger partial charge on any atom is 0.516 e. The van der Waals surface area contributed by atoms with Crippen molar-refractivity contribution in [2.45, 2.75) is 33.1 Å². The van der Waals surface area contributed by atoms with E-state index in [1.54, 1.807) is 0 Å². The van der Waals surface area contributed by atoms with Crippen LogP contribution in [0.3, 0.4) is 0 Å². The summed E-state index contributed by atoms with van der Waals surface area (Å²) in [5.74, 6) is -0.697. The largest absolute Gasteiger partial charge is 0.516 e. The number of rotatable bonds is 4. The van der Waals surface area contributed by atoms with Crippen LogP contribution in [-0.4, -0.2) is 31.8 Å². The molecule has 3 saturated carbocycles. The highest BCUT2D eigenvalue weighted by molar-refractivity contribution is 5.94. The minimum absolute atomic E-state index is 0.181. The van der Waals surface area contributed by atoms with E-state index in [0.29, 0.717) is 19.3 Å². The molecule has 19 heavy (non-hydrogen) atoms. The van der Waals surface area contributed by atoms with Crippen molar-refractivity contribution >= 4 is 18.1 Å². The number of hydrogen-bond acceptors (Lipinski definition) is 6. The lowest BCUT2D eigenvalue weighted by molar-refractivity contribution is -0.233. The number of hydrogen-bond donors (Lipinski definition) is 0. The monoisotopic (exact) mass is 270 g/mol. The van der Waals surface area contributed by atoms with Gasteiger partial charge in [0.25, 0.3) is 0 Å². The van der Waals surface area contributed by atoms with Crippen LogP contribution in [0.2, 0.25) is 0 Å². The second-order valence-corrected chi connectivity index (χ2v) is 5.93. The normalized spacial score (nSPS) is 30.9. The lowest BCUT2D eigenvalue weighted by atomic mass is 9.35. The van der Waals surface area contributed by atoms with E-state index >= 15 is 0 Å². The van der Waals surface area contributed by atoms with Gasteiger partial charge in [0, 0.05) is 0 Å². The zero-order valence-electron chi connectivity index (χ0n) is 11.4. The molecule has 0 heterocycles. The number of carbonyl (C=O) groups is 3. The van der Waals surface area contributed by atoms with Gasteiger partial charge in [-0.3, -0.25) is 9.59 Å². The molecule has 0 radical (unpaired) electrons. The molecule has 0 aliphatic heterocycles. The predicted octanol–water partition coefficient (Wildman–Crippen LogP) is 1.67.